The number of ether oxygens (including phenoxy) is 1. The number of benzene rings is 1. The molecule has 0 saturated heterocycles. The summed E-state index contributed by atoms with van der Waals surface area (Å²) in [5.41, 5.74) is 0.706. The van der Waals surface area contributed by atoms with Crippen LogP contribution in [0.2, 0.25) is 0 Å². The van der Waals surface area contributed by atoms with Gasteiger partial charge in [-0.1, -0.05) is 6.07 Å². The van der Waals surface area contributed by atoms with Gasteiger partial charge in [-0.3, -0.25) is 9.59 Å². The van der Waals surface area contributed by atoms with Crippen molar-refractivity contribution in [3.63, 3.8) is 0 Å². The van der Waals surface area contributed by atoms with Gasteiger partial charge < -0.3 is 14.9 Å². The van der Waals surface area contributed by atoms with Gasteiger partial charge in [-0.2, -0.15) is 0 Å². The lowest BCUT2D eigenvalue weighted by molar-refractivity contribution is -0.143. The highest BCUT2D eigenvalue weighted by Gasteiger charge is 2.23. The molecule has 20 heavy (non-hydrogen) atoms. The summed E-state index contributed by atoms with van der Waals surface area (Å²) in [6.45, 7) is 5.03. The molecule has 0 aliphatic rings. The first-order valence-electron chi connectivity index (χ1n) is 6.41. The number of carboxylic acids is 1. The number of aryl methyl sites for hydroxylation is 1. The zero-order chi connectivity index (χ0) is 15.3. The summed E-state index contributed by atoms with van der Waals surface area (Å²) in [4.78, 5) is 22.3. The van der Waals surface area contributed by atoms with Crippen molar-refractivity contribution in [3.8, 4) is 5.75 Å². The zero-order valence-corrected chi connectivity index (χ0v) is 12.0. The molecule has 110 valence electrons. The van der Waals surface area contributed by atoms with E-state index in [9.17, 15) is 14.7 Å². The fraction of sp³-hybridized carbons (Fsp3) is 0.467. The lowest BCUT2D eigenvalue weighted by Gasteiger charge is -2.17. The molecule has 1 aromatic carbocycles. The van der Waals surface area contributed by atoms with Gasteiger partial charge in [0.1, 0.15) is 5.75 Å². The van der Waals surface area contributed by atoms with E-state index in [4.69, 9.17) is 9.84 Å². The number of aliphatic carboxylic acids is 1. The van der Waals surface area contributed by atoms with Crippen LogP contribution in [0.3, 0.4) is 0 Å². The minimum absolute atomic E-state index is 0.00583. The van der Waals surface area contributed by atoms with Gasteiger partial charge in [-0.15, -0.1) is 0 Å². The van der Waals surface area contributed by atoms with Crippen molar-refractivity contribution >= 4 is 11.9 Å². The molecule has 0 heterocycles. The molecule has 1 aromatic rings. The van der Waals surface area contributed by atoms with Gasteiger partial charge in [0.25, 0.3) is 0 Å². The van der Waals surface area contributed by atoms with Crippen LogP contribution >= 0.6 is 0 Å². The average Bonchev–Trinajstić information content (AvgIpc) is 2.35. The molecule has 2 N–H and O–H groups in total. The lowest BCUT2D eigenvalue weighted by Crippen LogP contribution is -2.25. The van der Waals surface area contributed by atoms with Crippen LogP contribution < -0.4 is 4.74 Å². The normalized spacial score (nSPS) is 11.2. The highest BCUT2D eigenvalue weighted by molar-refractivity contribution is 5.77. The summed E-state index contributed by atoms with van der Waals surface area (Å²) in [5.74, 6) is -0.898. The van der Waals surface area contributed by atoms with Crippen LogP contribution in [0.5, 0.6) is 5.75 Å². The summed E-state index contributed by atoms with van der Waals surface area (Å²) in [5, 5.41) is 18.0. The van der Waals surface area contributed by atoms with Gasteiger partial charge in [0.2, 0.25) is 0 Å². The molecule has 0 bridgehead atoms. The molecule has 0 unspecified atom stereocenters. The third kappa shape index (κ3) is 4.66. The quantitative estimate of drug-likeness (QED) is 0.637. The van der Waals surface area contributed by atoms with E-state index < -0.39 is 11.4 Å². The van der Waals surface area contributed by atoms with E-state index in [1.165, 1.54) is 0 Å². The average molecular weight is 280 g/mol. The van der Waals surface area contributed by atoms with Gasteiger partial charge in [-0.25, -0.2) is 0 Å². The SMILES string of the molecule is CC(C)(C)C(=O)Oc1ccc(CCC(=O)O)c(CO)c1. The largest absolute Gasteiger partial charge is 0.481 e. The van der Waals surface area contributed by atoms with Gasteiger partial charge in [0, 0.05) is 6.42 Å². The van der Waals surface area contributed by atoms with Gasteiger partial charge >= 0.3 is 11.9 Å². The maximum Gasteiger partial charge on any atom is 0.316 e. The maximum absolute atomic E-state index is 11.8. The van der Waals surface area contributed by atoms with E-state index in [1.54, 1.807) is 39.0 Å². The van der Waals surface area contributed by atoms with Crippen LogP contribution in [0.15, 0.2) is 18.2 Å². The van der Waals surface area contributed by atoms with Crippen LogP contribution in [0.25, 0.3) is 0 Å². The zero-order valence-electron chi connectivity index (χ0n) is 12.0. The van der Waals surface area contributed by atoms with Crippen molar-refractivity contribution in [3.05, 3.63) is 29.3 Å². The van der Waals surface area contributed by atoms with E-state index in [0.717, 1.165) is 5.56 Å². The van der Waals surface area contributed by atoms with E-state index in [1.807, 2.05) is 0 Å². The van der Waals surface area contributed by atoms with Crippen LogP contribution in [-0.2, 0) is 22.6 Å². The molecule has 0 aliphatic carbocycles. The monoisotopic (exact) mass is 280 g/mol. The molecular formula is C15H20O5. The Morgan fingerprint density at radius 2 is 1.85 bits per heavy atom. The minimum atomic E-state index is -0.892. The highest BCUT2D eigenvalue weighted by Crippen LogP contribution is 2.23. The van der Waals surface area contributed by atoms with Gasteiger partial charge in [-0.05, 0) is 50.5 Å². The molecule has 0 aliphatic heterocycles. The fourth-order valence-corrected chi connectivity index (χ4v) is 1.56. The first-order chi connectivity index (χ1) is 9.24. The van der Waals surface area contributed by atoms with E-state index >= 15 is 0 Å². The molecule has 0 fully saturated rings. The molecule has 0 aromatic heterocycles. The van der Waals surface area contributed by atoms with Crippen molar-refractivity contribution in [2.75, 3.05) is 0 Å². The topological polar surface area (TPSA) is 83.8 Å². The van der Waals surface area contributed by atoms with Crippen molar-refractivity contribution in [2.24, 2.45) is 5.41 Å². The van der Waals surface area contributed by atoms with Crippen molar-refractivity contribution in [2.45, 2.75) is 40.2 Å². The Kier molecular flexibility index (Phi) is 5.27. The lowest BCUT2D eigenvalue weighted by atomic mass is 9.97. The fourth-order valence-electron chi connectivity index (χ4n) is 1.56. The molecule has 0 spiro atoms. The number of carbonyl (C=O) groups excluding carboxylic acids is 1. The summed E-state index contributed by atoms with van der Waals surface area (Å²) in [6, 6.07) is 4.86. The molecule has 0 radical (unpaired) electrons. The van der Waals surface area contributed by atoms with Crippen molar-refractivity contribution < 1.29 is 24.5 Å². The molecule has 0 saturated carbocycles. The Balaban J connectivity index is 2.87. The Hall–Kier alpha value is -1.88. The molecular weight excluding hydrogens is 260 g/mol. The van der Waals surface area contributed by atoms with E-state index in [0.29, 0.717) is 17.7 Å². The van der Waals surface area contributed by atoms with Crippen LogP contribution in [0, 0.1) is 5.41 Å². The Labute approximate surface area is 118 Å². The summed E-state index contributed by atoms with van der Waals surface area (Å²) < 4.78 is 5.24. The van der Waals surface area contributed by atoms with Crippen LogP contribution in [0.4, 0.5) is 0 Å². The second-order valence-corrected chi connectivity index (χ2v) is 5.62. The van der Waals surface area contributed by atoms with Crippen molar-refractivity contribution in [1.29, 1.82) is 0 Å². The first-order valence-corrected chi connectivity index (χ1v) is 6.41. The number of hydrogen-bond donors (Lipinski definition) is 2. The van der Waals surface area contributed by atoms with Crippen molar-refractivity contribution in [1.82, 2.24) is 0 Å². The number of carboxylic acid groups (broad SMARTS) is 1. The standard InChI is InChI=1S/C15H20O5/c1-15(2,3)14(19)20-12-6-4-10(5-7-13(17)18)11(8-12)9-16/h4,6,8,16H,5,7,9H2,1-3H3,(H,17,18). The summed E-state index contributed by atoms with van der Waals surface area (Å²) in [7, 11) is 0. The highest BCUT2D eigenvalue weighted by atomic mass is 16.5. The maximum atomic E-state index is 11.8. The Bertz CT molecular complexity index is 499. The number of hydrogen-bond acceptors (Lipinski definition) is 4. The van der Waals surface area contributed by atoms with Gasteiger partial charge in [0.15, 0.2) is 0 Å². The summed E-state index contributed by atoms with van der Waals surface area (Å²) in [6.07, 6.45) is 0.326. The third-order valence-electron chi connectivity index (χ3n) is 2.78. The van der Waals surface area contributed by atoms with Crippen LogP contribution in [-0.4, -0.2) is 22.2 Å². The number of carbonyl (C=O) groups is 2. The predicted octanol–water partition coefficient (Wildman–Crippen LogP) is 2.15. The number of aliphatic hydroxyl groups is 1. The molecule has 1 rings (SSSR count). The Morgan fingerprint density at radius 1 is 1.20 bits per heavy atom. The number of esters is 1. The number of aliphatic hydroxyl groups excluding tert-OH is 1. The summed E-state index contributed by atoms with van der Waals surface area (Å²) >= 11 is 0. The predicted molar refractivity (Wildman–Crippen MR) is 73.4 cm³/mol. The molecule has 0 amide bonds. The third-order valence-corrected chi connectivity index (χ3v) is 2.78. The van der Waals surface area contributed by atoms with Crippen LogP contribution in [0.1, 0.15) is 38.3 Å². The smallest absolute Gasteiger partial charge is 0.316 e. The minimum Gasteiger partial charge on any atom is -0.481 e. The first kappa shape index (κ1) is 16.2. The molecule has 0 atom stereocenters. The molecule has 5 nitrogen and oxygen atoms in total. The second-order valence-electron chi connectivity index (χ2n) is 5.62. The molecule has 5 heteroatoms. The number of rotatable bonds is 5. The second kappa shape index (κ2) is 6.52. The Morgan fingerprint density at radius 3 is 2.35 bits per heavy atom. The van der Waals surface area contributed by atoms with E-state index in [2.05, 4.69) is 0 Å². The van der Waals surface area contributed by atoms with E-state index in [-0.39, 0.29) is 19.0 Å². The van der Waals surface area contributed by atoms with Gasteiger partial charge in [0.05, 0.1) is 12.0 Å².